The molecular formula is C13H19N3OS. The van der Waals surface area contributed by atoms with Gasteiger partial charge in [0.25, 0.3) is 5.91 Å². The molecule has 2 heterocycles. The summed E-state index contributed by atoms with van der Waals surface area (Å²) in [5.41, 5.74) is 0.543. The minimum Gasteiger partial charge on any atom is -0.335 e. The first kappa shape index (κ1) is 13.4. The van der Waals surface area contributed by atoms with Crippen molar-refractivity contribution in [2.24, 2.45) is 0 Å². The topological polar surface area (TPSA) is 36.4 Å². The number of hydrogen-bond donors (Lipinski definition) is 1. The normalized spacial score (nSPS) is 16.8. The van der Waals surface area contributed by atoms with Crippen LogP contribution in [0.3, 0.4) is 0 Å². The first-order valence-electron chi connectivity index (χ1n) is 6.35. The van der Waals surface area contributed by atoms with Gasteiger partial charge in [0.2, 0.25) is 0 Å². The summed E-state index contributed by atoms with van der Waals surface area (Å²) in [5.74, 6) is 0.969. The van der Waals surface area contributed by atoms with Crippen molar-refractivity contribution >= 4 is 18.5 Å². The molecule has 0 aliphatic carbocycles. The first-order chi connectivity index (χ1) is 8.81. The van der Waals surface area contributed by atoms with Crippen molar-refractivity contribution in [3.63, 3.8) is 0 Å². The summed E-state index contributed by atoms with van der Waals surface area (Å²) in [6.45, 7) is 4.57. The molecule has 0 atom stereocenters. The maximum absolute atomic E-state index is 12.2. The van der Waals surface area contributed by atoms with Crippen LogP contribution in [0, 0.1) is 0 Å². The number of hydrogen-bond acceptors (Lipinski definition) is 4. The summed E-state index contributed by atoms with van der Waals surface area (Å²) >= 11 is 4.22. The van der Waals surface area contributed by atoms with Crippen LogP contribution in [0.1, 0.15) is 16.9 Å². The Morgan fingerprint density at radius 2 is 2.06 bits per heavy atom. The van der Waals surface area contributed by atoms with Crippen molar-refractivity contribution in [2.75, 3.05) is 38.5 Å². The summed E-state index contributed by atoms with van der Waals surface area (Å²) in [4.78, 5) is 20.5. The van der Waals surface area contributed by atoms with Gasteiger partial charge < -0.3 is 4.90 Å². The van der Waals surface area contributed by atoms with E-state index in [1.807, 2.05) is 17.0 Å². The highest BCUT2D eigenvalue weighted by Gasteiger charge is 2.22. The number of pyridine rings is 1. The van der Waals surface area contributed by atoms with Crippen LogP contribution in [0.2, 0.25) is 0 Å². The van der Waals surface area contributed by atoms with Gasteiger partial charge in [-0.2, -0.15) is 12.6 Å². The van der Waals surface area contributed by atoms with Gasteiger partial charge in [-0.05, 0) is 30.9 Å². The Morgan fingerprint density at radius 3 is 2.67 bits per heavy atom. The molecule has 0 saturated carbocycles. The molecule has 1 aromatic heterocycles. The van der Waals surface area contributed by atoms with Gasteiger partial charge in [0.05, 0.1) is 0 Å². The number of amides is 1. The molecule has 0 bridgehead atoms. The molecule has 98 valence electrons. The van der Waals surface area contributed by atoms with Crippen molar-refractivity contribution in [2.45, 2.75) is 6.42 Å². The largest absolute Gasteiger partial charge is 0.335 e. The van der Waals surface area contributed by atoms with Crippen LogP contribution in [-0.2, 0) is 0 Å². The van der Waals surface area contributed by atoms with Gasteiger partial charge >= 0.3 is 0 Å². The van der Waals surface area contributed by atoms with E-state index in [9.17, 15) is 4.79 Å². The fourth-order valence-corrected chi connectivity index (χ4v) is 2.26. The summed E-state index contributed by atoms with van der Waals surface area (Å²) in [7, 11) is 0. The molecule has 1 saturated heterocycles. The second kappa shape index (κ2) is 6.75. The van der Waals surface area contributed by atoms with Crippen LogP contribution in [0.5, 0.6) is 0 Å². The van der Waals surface area contributed by atoms with Crippen LogP contribution < -0.4 is 0 Å². The van der Waals surface area contributed by atoms with Crippen LogP contribution >= 0.6 is 12.6 Å². The zero-order valence-corrected chi connectivity index (χ0v) is 11.4. The van der Waals surface area contributed by atoms with Gasteiger partial charge in [0, 0.05) is 32.4 Å². The molecule has 1 amide bonds. The van der Waals surface area contributed by atoms with Crippen LogP contribution in [-0.4, -0.2) is 59.2 Å². The molecule has 18 heavy (non-hydrogen) atoms. The highest BCUT2D eigenvalue weighted by molar-refractivity contribution is 7.80. The second-order valence-corrected chi connectivity index (χ2v) is 4.87. The number of piperazine rings is 1. The third kappa shape index (κ3) is 3.46. The molecule has 1 aromatic rings. The smallest absolute Gasteiger partial charge is 0.272 e. The molecule has 0 N–H and O–H groups in total. The van der Waals surface area contributed by atoms with E-state index in [1.165, 1.54) is 0 Å². The third-order valence-corrected chi connectivity index (χ3v) is 3.49. The lowest BCUT2D eigenvalue weighted by molar-refractivity contribution is 0.0632. The predicted octanol–water partition coefficient (Wildman–Crippen LogP) is 1.16. The molecule has 0 unspecified atom stereocenters. The number of carbonyl (C=O) groups excluding carboxylic acids is 1. The molecule has 0 spiro atoms. The fourth-order valence-electron chi connectivity index (χ4n) is 2.12. The Labute approximate surface area is 113 Å². The zero-order chi connectivity index (χ0) is 12.8. The standard InChI is InChI=1S/C13H19N3OS/c17-13(12-4-1-2-5-14-12)16-9-7-15(8-10-16)6-3-11-18/h1-2,4-5,18H,3,6-11H2. The lowest BCUT2D eigenvalue weighted by Gasteiger charge is -2.34. The molecule has 1 aliphatic heterocycles. The Hall–Kier alpha value is -1.07. The highest BCUT2D eigenvalue weighted by atomic mass is 32.1. The van der Waals surface area contributed by atoms with Gasteiger partial charge in [-0.25, -0.2) is 0 Å². The van der Waals surface area contributed by atoms with E-state index in [2.05, 4.69) is 22.5 Å². The minimum atomic E-state index is 0.0458. The maximum Gasteiger partial charge on any atom is 0.272 e. The number of nitrogens with zero attached hydrogens (tertiary/aromatic N) is 3. The van der Waals surface area contributed by atoms with E-state index in [4.69, 9.17) is 0 Å². The molecule has 0 aromatic carbocycles. The highest BCUT2D eigenvalue weighted by Crippen LogP contribution is 2.07. The van der Waals surface area contributed by atoms with Crippen molar-refractivity contribution in [1.29, 1.82) is 0 Å². The van der Waals surface area contributed by atoms with E-state index in [0.29, 0.717) is 5.69 Å². The average Bonchev–Trinajstić information content (AvgIpc) is 2.46. The summed E-state index contributed by atoms with van der Waals surface area (Å²) in [6, 6.07) is 5.45. The Bertz CT molecular complexity index is 377. The Morgan fingerprint density at radius 1 is 1.28 bits per heavy atom. The lowest BCUT2D eigenvalue weighted by atomic mass is 10.2. The molecular weight excluding hydrogens is 246 g/mol. The van der Waals surface area contributed by atoms with Crippen LogP contribution in [0.15, 0.2) is 24.4 Å². The quantitative estimate of drug-likeness (QED) is 0.830. The Balaban J connectivity index is 1.84. The molecule has 2 rings (SSSR count). The van der Waals surface area contributed by atoms with E-state index in [-0.39, 0.29) is 5.91 Å². The van der Waals surface area contributed by atoms with Crippen molar-refractivity contribution < 1.29 is 4.79 Å². The molecule has 5 heteroatoms. The van der Waals surface area contributed by atoms with E-state index >= 15 is 0 Å². The molecule has 1 fully saturated rings. The SMILES string of the molecule is O=C(c1ccccn1)N1CCN(CCCS)CC1. The minimum absolute atomic E-state index is 0.0458. The lowest BCUT2D eigenvalue weighted by Crippen LogP contribution is -2.49. The first-order valence-corrected chi connectivity index (χ1v) is 6.98. The summed E-state index contributed by atoms with van der Waals surface area (Å²) < 4.78 is 0. The van der Waals surface area contributed by atoms with Gasteiger partial charge in [0.15, 0.2) is 0 Å². The monoisotopic (exact) mass is 265 g/mol. The second-order valence-electron chi connectivity index (χ2n) is 4.43. The Kier molecular flexibility index (Phi) is 5.01. The molecule has 4 nitrogen and oxygen atoms in total. The number of carbonyl (C=O) groups is 1. The van der Waals surface area contributed by atoms with Crippen LogP contribution in [0.4, 0.5) is 0 Å². The number of rotatable bonds is 4. The predicted molar refractivity (Wildman–Crippen MR) is 75.1 cm³/mol. The molecule has 0 radical (unpaired) electrons. The number of thiol groups is 1. The van der Waals surface area contributed by atoms with Crippen molar-refractivity contribution in [3.8, 4) is 0 Å². The van der Waals surface area contributed by atoms with Crippen molar-refractivity contribution in [3.05, 3.63) is 30.1 Å². The third-order valence-electron chi connectivity index (χ3n) is 3.18. The van der Waals surface area contributed by atoms with Gasteiger partial charge in [-0.3, -0.25) is 14.7 Å². The number of aromatic nitrogens is 1. The van der Waals surface area contributed by atoms with E-state index in [0.717, 1.165) is 44.9 Å². The van der Waals surface area contributed by atoms with Crippen LogP contribution in [0.25, 0.3) is 0 Å². The summed E-state index contributed by atoms with van der Waals surface area (Å²) in [5, 5.41) is 0. The molecule has 1 aliphatic rings. The van der Waals surface area contributed by atoms with E-state index < -0.39 is 0 Å². The van der Waals surface area contributed by atoms with Gasteiger partial charge in [-0.1, -0.05) is 6.07 Å². The maximum atomic E-state index is 12.2. The van der Waals surface area contributed by atoms with E-state index in [1.54, 1.807) is 12.3 Å². The average molecular weight is 265 g/mol. The fraction of sp³-hybridized carbons (Fsp3) is 0.538. The van der Waals surface area contributed by atoms with Gasteiger partial charge in [0.1, 0.15) is 5.69 Å². The van der Waals surface area contributed by atoms with Crippen molar-refractivity contribution in [1.82, 2.24) is 14.8 Å². The zero-order valence-electron chi connectivity index (χ0n) is 10.5. The van der Waals surface area contributed by atoms with Gasteiger partial charge in [-0.15, -0.1) is 0 Å². The summed E-state index contributed by atoms with van der Waals surface area (Å²) in [6.07, 6.45) is 2.77.